The molecular formula is C12H17F. The largest absolute Gasteiger partial charge is 0.207 e. The SMILES string of the molecule is CC.CC1(c2ccccc2F)CC1. The molecule has 0 bridgehead atoms. The lowest BCUT2D eigenvalue weighted by atomic mass is 9.98. The van der Waals surface area contributed by atoms with E-state index in [1.165, 1.54) is 0 Å². The summed E-state index contributed by atoms with van der Waals surface area (Å²) in [6.45, 7) is 6.12. The first-order valence-corrected chi connectivity index (χ1v) is 4.97. The van der Waals surface area contributed by atoms with Crippen LogP contribution < -0.4 is 0 Å². The van der Waals surface area contributed by atoms with Gasteiger partial charge in [0.05, 0.1) is 0 Å². The van der Waals surface area contributed by atoms with Gasteiger partial charge in [0.25, 0.3) is 0 Å². The molecule has 1 heteroatoms. The van der Waals surface area contributed by atoms with Gasteiger partial charge in [-0.25, -0.2) is 4.39 Å². The molecule has 0 N–H and O–H groups in total. The fourth-order valence-electron chi connectivity index (χ4n) is 1.41. The highest BCUT2D eigenvalue weighted by Gasteiger charge is 2.40. The first kappa shape index (κ1) is 10.2. The summed E-state index contributed by atoms with van der Waals surface area (Å²) in [5.41, 5.74) is 1.05. The Morgan fingerprint density at radius 1 is 1.15 bits per heavy atom. The average molecular weight is 180 g/mol. The molecule has 0 nitrogen and oxygen atoms in total. The molecule has 0 saturated heterocycles. The average Bonchev–Trinajstić information content (AvgIpc) is 2.89. The molecule has 0 radical (unpaired) electrons. The maximum absolute atomic E-state index is 13.1. The second-order valence-electron chi connectivity index (χ2n) is 3.54. The van der Waals surface area contributed by atoms with Crippen molar-refractivity contribution in [1.82, 2.24) is 0 Å². The van der Waals surface area contributed by atoms with E-state index in [1.807, 2.05) is 26.0 Å². The van der Waals surface area contributed by atoms with Crippen LogP contribution in [0.25, 0.3) is 0 Å². The summed E-state index contributed by atoms with van der Waals surface area (Å²) >= 11 is 0. The Labute approximate surface area is 79.8 Å². The van der Waals surface area contributed by atoms with Gasteiger partial charge in [-0.1, -0.05) is 39.0 Å². The van der Waals surface area contributed by atoms with Crippen LogP contribution in [0.5, 0.6) is 0 Å². The van der Waals surface area contributed by atoms with Gasteiger partial charge in [-0.2, -0.15) is 0 Å². The van der Waals surface area contributed by atoms with E-state index in [2.05, 4.69) is 6.92 Å². The van der Waals surface area contributed by atoms with E-state index in [9.17, 15) is 4.39 Å². The van der Waals surface area contributed by atoms with Crippen molar-refractivity contribution in [2.24, 2.45) is 0 Å². The Bertz CT molecular complexity index is 274. The molecule has 1 aromatic rings. The monoisotopic (exact) mass is 180 g/mol. The third-order valence-electron chi connectivity index (χ3n) is 2.52. The molecule has 0 aliphatic heterocycles. The van der Waals surface area contributed by atoms with E-state index in [1.54, 1.807) is 12.1 Å². The number of hydrogen-bond donors (Lipinski definition) is 0. The Kier molecular flexibility index (Phi) is 3.07. The number of halogens is 1. The van der Waals surface area contributed by atoms with E-state index < -0.39 is 0 Å². The van der Waals surface area contributed by atoms with Crippen LogP contribution in [-0.4, -0.2) is 0 Å². The lowest BCUT2D eigenvalue weighted by molar-refractivity contribution is 0.586. The van der Waals surface area contributed by atoms with Gasteiger partial charge in [-0.05, 0) is 29.9 Å². The number of rotatable bonds is 1. The summed E-state index contributed by atoms with van der Waals surface area (Å²) in [6, 6.07) is 7.08. The van der Waals surface area contributed by atoms with Crippen LogP contribution in [-0.2, 0) is 5.41 Å². The second kappa shape index (κ2) is 3.91. The molecule has 72 valence electrons. The van der Waals surface area contributed by atoms with Gasteiger partial charge >= 0.3 is 0 Å². The molecule has 0 unspecified atom stereocenters. The van der Waals surface area contributed by atoms with Crippen LogP contribution in [0.15, 0.2) is 24.3 Å². The molecule has 13 heavy (non-hydrogen) atoms. The number of hydrogen-bond acceptors (Lipinski definition) is 0. The maximum Gasteiger partial charge on any atom is 0.126 e. The van der Waals surface area contributed by atoms with Crippen LogP contribution in [0.2, 0.25) is 0 Å². The summed E-state index contributed by atoms with van der Waals surface area (Å²) < 4.78 is 13.1. The zero-order valence-electron chi connectivity index (χ0n) is 8.60. The van der Waals surface area contributed by atoms with Crippen molar-refractivity contribution in [2.75, 3.05) is 0 Å². The molecule has 2 rings (SSSR count). The minimum Gasteiger partial charge on any atom is -0.207 e. The lowest BCUT2D eigenvalue weighted by Gasteiger charge is -2.08. The Morgan fingerprint density at radius 3 is 2.15 bits per heavy atom. The third kappa shape index (κ3) is 2.09. The molecule has 0 aromatic heterocycles. The molecule has 1 fully saturated rings. The molecule has 0 atom stereocenters. The van der Waals surface area contributed by atoms with Crippen molar-refractivity contribution in [1.29, 1.82) is 0 Å². The third-order valence-corrected chi connectivity index (χ3v) is 2.52. The topological polar surface area (TPSA) is 0 Å². The highest BCUT2D eigenvalue weighted by Crippen LogP contribution is 2.48. The summed E-state index contributed by atoms with van der Waals surface area (Å²) in [4.78, 5) is 0. The van der Waals surface area contributed by atoms with Crippen LogP contribution in [0.3, 0.4) is 0 Å². The summed E-state index contributed by atoms with van der Waals surface area (Å²) in [7, 11) is 0. The smallest absolute Gasteiger partial charge is 0.126 e. The summed E-state index contributed by atoms with van der Waals surface area (Å²) in [6.07, 6.45) is 2.27. The highest BCUT2D eigenvalue weighted by atomic mass is 19.1. The quantitative estimate of drug-likeness (QED) is 0.614. The standard InChI is InChI=1S/C10H11F.C2H6/c1-10(6-7-10)8-4-2-3-5-9(8)11;1-2/h2-5H,6-7H2,1H3;1-2H3. The summed E-state index contributed by atoms with van der Waals surface area (Å²) in [5.74, 6) is -0.0486. The normalized spacial score (nSPS) is 17.2. The van der Waals surface area contributed by atoms with Gasteiger partial charge < -0.3 is 0 Å². The first-order chi connectivity index (χ1) is 6.22. The van der Waals surface area contributed by atoms with Gasteiger partial charge in [-0.15, -0.1) is 0 Å². The molecular weight excluding hydrogens is 163 g/mol. The van der Waals surface area contributed by atoms with Crippen molar-refractivity contribution < 1.29 is 4.39 Å². The van der Waals surface area contributed by atoms with Crippen molar-refractivity contribution in [2.45, 2.75) is 39.0 Å². The van der Waals surface area contributed by atoms with Crippen LogP contribution in [0.4, 0.5) is 4.39 Å². The van der Waals surface area contributed by atoms with Crippen LogP contribution in [0, 0.1) is 5.82 Å². The highest BCUT2D eigenvalue weighted by molar-refractivity contribution is 5.30. The lowest BCUT2D eigenvalue weighted by Crippen LogP contribution is -2.02. The van der Waals surface area contributed by atoms with Gasteiger partial charge in [0.15, 0.2) is 0 Å². The van der Waals surface area contributed by atoms with Crippen molar-refractivity contribution in [3.63, 3.8) is 0 Å². The molecule has 1 saturated carbocycles. The van der Waals surface area contributed by atoms with Crippen molar-refractivity contribution in [3.05, 3.63) is 35.6 Å². The molecule has 0 amide bonds. The Hall–Kier alpha value is -0.850. The fourth-order valence-corrected chi connectivity index (χ4v) is 1.41. The molecule has 0 heterocycles. The fraction of sp³-hybridized carbons (Fsp3) is 0.500. The van der Waals surface area contributed by atoms with Crippen molar-refractivity contribution >= 4 is 0 Å². The van der Waals surface area contributed by atoms with E-state index in [-0.39, 0.29) is 11.2 Å². The van der Waals surface area contributed by atoms with Crippen LogP contribution >= 0.6 is 0 Å². The van der Waals surface area contributed by atoms with E-state index in [0.29, 0.717) is 0 Å². The number of benzene rings is 1. The Balaban J connectivity index is 0.000000396. The van der Waals surface area contributed by atoms with E-state index >= 15 is 0 Å². The zero-order chi connectivity index (χ0) is 9.90. The van der Waals surface area contributed by atoms with Gasteiger partial charge in [-0.3, -0.25) is 0 Å². The molecule has 1 aliphatic carbocycles. The predicted octanol–water partition coefficient (Wildman–Crippen LogP) is 3.90. The first-order valence-electron chi connectivity index (χ1n) is 4.97. The molecule has 1 aliphatic rings. The minimum absolute atomic E-state index is 0.0486. The Morgan fingerprint density at radius 2 is 1.69 bits per heavy atom. The van der Waals surface area contributed by atoms with Crippen LogP contribution in [0.1, 0.15) is 39.2 Å². The second-order valence-corrected chi connectivity index (χ2v) is 3.54. The van der Waals surface area contributed by atoms with Gasteiger partial charge in [0.1, 0.15) is 5.82 Å². The molecule has 1 aromatic carbocycles. The van der Waals surface area contributed by atoms with E-state index in [0.717, 1.165) is 18.4 Å². The predicted molar refractivity (Wildman–Crippen MR) is 54.3 cm³/mol. The van der Waals surface area contributed by atoms with Crippen molar-refractivity contribution in [3.8, 4) is 0 Å². The maximum atomic E-state index is 13.1. The van der Waals surface area contributed by atoms with Gasteiger partial charge in [0.2, 0.25) is 0 Å². The zero-order valence-corrected chi connectivity index (χ0v) is 8.60. The minimum atomic E-state index is -0.0486. The summed E-state index contributed by atoms with van der Waals surface area (Å²) in [5, 5.41) is 0. The molecule has 0 spiro atoms. The van der Waals surface area contributed by atoms with E-state index in [4.69, 9.17) is 0 Å². The van der Waals surface area contributed by atoms with Gasteiger partial charge in [0, 0.05) is 0 Å².